The van der Waals surface area contributed by atoms with Gasteiger partial charge in [0.1, 0.15) is 0 Å². The maximum atomic E-state index is 12.5. The topological polar surface area (TPSA) is 99.1 Å². The first kappa shape index (κ1) is 20.3. The van der Waals surface area contributed by atoms with Crippen LogP contribution in [0.15, 0.2) is 48.5 Å². The zero-order chi connectivity index (χ0) is 20.8. The number of anilines is 2. The lowest BCUT2D eigenvalue weighted by Crippen LogP contribution is -2.32. The van der Waals surface area contributed by atoms with E-state index >= 15 is 0 Å². The number of carbonyl (C=O) groups is 3. The molecular weight excluding hydrogens is 366 g/mol. The van der Waals surface area contributed by atoms with E-state index in [0.29, 0.717) is 48.2 Å². The van der Waals surface area contributed by atoms with E-state index in [1.807, 2.05) is 6.07 Å². The average Bonchev–Trinajstić information content (AvgIpc) is 2.74. The molecule has 0 bridgehead atoms. The Labute approximate surface area is 169 Å². The van der Waals surface area contributed by atoms with Crippen LogP contribution in [0.3, 0.4) is 0 Å². The van der Waals surface area contributed by atoms with E-state index in [1.54, 1.807) is 48.5 Å². The number of carbonyl (C=O) groups excluding carboxylic acids is 3. The zero-order valence-corrected chi connectivity index (χ0v) is 16.3. The van der Waals surface area contributed by atoms with Crippen molar-refractivity contribution < 1.29 is 14.4 Å². The van der Waals surface area contributed by atoms with Crippen LogP contribution < -0.4 is 10.6 Å². The lowest BCUT2D eigenvalue weighted by molar-refractivity contribution is -0.125. The molecule has 1 saturated carbocycles. The summed E-state index contributed by atoms with van der Waals surface area (Å²) in [4.78, 5) is 36.3. The fourth-order valence-electron chi connectivity index (χ4n) is 3.52. The van der Waals surface area contributed by atoms with Crippen molar-refractivity contribution in [3.05, 3.63) is 59.7 Å². The number of hydrogen-bond acceptors (Lipinski definition) is 4. The van der Waals surface area contributed by atoms with Crippen LogP contribution in [-0.4, -0.2) is 17.6 Å². The van der Waals surface area contributed by atoms with Crippen LogP contribution in [0, 0.1) is 23.2 Å². The van der Waals surface area contributed by atoms with Gasteiger partial charge in [0.05, 0.1) is 11.6 Å². The molecule has 148 valence electrons. The second-order valence-corrected chi connectivity index (χ2v) is 7.35. The Morgan fingerprint density at radius 1 is 0.793 bits per heavy atom. The van der Waals surface area contributed by atoms with Crippen LogP contribution in [0.4, 0.5) is 11.4 Å². The van der Waals surface area contributed by atoms with Crippen molar-refractivity contribution in [1.82, 2.24) is 0 Å². The molecule has 0 aromatic heterocycles. The summed E-state index contributed by atoms with van der Waals surface area (Å²) in [5.74, 6) is -0.355. The molecule has 0 heterocycles. The van der Waals surface area contributed by atoms with Gasteiger partial charge >= 0.3 is 0 Å². The molecule has 2 N–H and O–H groups in total. The minimum absolute atomic E-state index is 0.0134. The van der Waals surface area contributed by atoms with Crippen molar-refractivity contribution in [3.63, 3.8) is 0 Å². The Hall–Kier alpha value is -3.46. The molecular formula is C23H23N3O3. The minimum Gasteiger partial charge on any atom is -0.326 e. The van der Waals surface area contributed by atoms with Crippen molar-refractivity contribution in [3.8, 4) is 6.07 Å². The van der Waals surface area contributed by atoms with Crippen LogP contribution in [0.2, 0.25) is 0 Å². The molecule has 0 saturated heterocycles. The number of nitrogens with one attached hydrogen (secondary N) is 2. The van der Waals surface area contributed by atoms with E-state index in [4.69, 9.17) is 5.26 Å². The summed E-state index contributed by atoms with van der Waals surface area (Å²) >= 11 is 0. The van der Waals surface area contributed by atoms with Gasteiger partial charge in [-0.1, -0.05) is 0 Å². The Morgan fingerprint density at radius 2 is 1.21 bits per heavy atom. The van der Waals surface area contributed by atoms with Crippen molar-refractivity contribution in [2.45, 2.75) is 32.6 Å². The molecule has 0 atom stereocenters. The van der Waals surface area contributed by atoms with E-state index in [0.717, 1.165) is 0 Å². The predicted molar refractivity (Wildman–Crippen MR) is 110 cm³/mol. The molecule has 2 aromatic carbocycles. The standard InChI is InChI=1S/C23H23N3O3/c1-15(27)17-8-12-21(13-9-17)26-23(29)19-6-4-18(5-7-19)22(28)25-20-10-2-16(14-24)3-11-20/h2-3,8-13,18-19H,4-7H2,1H3,(H,25,28)(H,26,29). The first-order chi connectivity index (χ1) is 14.0. The van der Waals surface area contributed by atoms with Gasteiger partial charge in [-0.05, 0) is 81.1 Å². The molecule has 6 heteroatoms. The fourth-order valence-corrected chi connectivity index (χ4v) is 3.52. The maximum absolute atomic E-state index is 12.5. The molecule has 1 fully saturated rings. The van der Waals surface area contributed by atoms with Crippen molar-refractivity contribution in [1.29, 1.82) is 5.26 Å². The SMILES string of the molecule is CC(=O)c1ccc(NC(=O)C2CCC(C(=O)Nc3ccc(C#N)cc3)CC2)cc1. The Kier molecular flexibility index (Phi) is 6.40. The van der Waals surface area contributed by atoms with E-state index in [9.17, 15) is 14.4 Å². The molecule has 0 aliphatic heterocycles. The largest absolute Gasteiger partial charge is 0.326 e. The first-order valence-electron chi connectivity index (χ1n) is 9.69. The van der Waals surface area contributed by atoms with Gasteiger partial charge in [-0.3, -0.25) is 14.4 Å². The smallest absolute Gasteiger partial charge is 0.227 e. The number of hydrogen-bond donors (Lipinski definition) is 2. The molecule has 1 aliphatic rings. The summed E-state index contributed by atoms with van der Waals surface area (Å²) in [6, 6.07) is 15.7. The number of amides is 2. The Morgan fingerprint density at radius 3 is 1.59 bits per heavy atom. The van der Waals surface area contributed by atoms with Gasteiger partial charge in [0.15, 0.2) is 5.78 Å². The van der Waals surface area contributed by atoms with Crippen LogP contribution in [0.25, 0.3) is 0 Å². The van der Waals surface area contributed by atoms with Crippen LogP contribution in [0.1, 0.15) is 48.5 Å². The molecule has 3 rings (SSSR count). The quantitative estimate of drug-likeness (QED) is 0.751. The van der Waals surface area contributed by atoms with E-state index in [1.165, 1.54) is 6.92 Å². The Bertz CT molecular complexity index is 935. The van der Waals surface area contributed by atoms with Crippen LogP contribution in [-0.2, 0) is 9.59 Å². The van der Waals surface area contributed by atoms with Gasteiger partial charge in [0.2, 0.25) is 11.8 Å². The second-order valence-electron chi connectivity index (χ2n) is 7.35. The van der Waals surface area contributed by atoms with E-state index in [-0.39, 0.29) is 29.4 Å². The van der Waals surface area contributed by atoms with Crippen molar-refractivity contribution >= 4 is 29.0 Å². The highest BCUT2D eigenvalue weighted by atomic mass is 16.2. The summed E-state index contributed by atoms with van der Waals surface area (Å²) < 4.78 is 0. The van der Waals surface area contributed by atoms with Gasteiger partial charge in [-0.15, -0.1) is 0 Å². The Balaban J connectivity index is 1.48. The lowest BCUT2D eigenvalue weighted by Gasteiger charge is -2.27. The highest BCUT2D eigenvalue weighted by Gasteiger charge is 2.30. The van der Waals surface area contributed by atoms with Crippen LogP contribution >= 0.6 is 0 Å². The van der Waals surface area contributed by atoms with Crippen molar-refractivity contribution in [2.75, 3.05) is 10.6 Å². The van der Waals surface area contributed by atoms with Gasteiger partial charge in [0.25, 0.3) is 0 Å². The van der Waals surface area contributed by atoms with E-state index in [2.05, 4.69) is 10.6 Å². The van der Waals surface area contributed by atoms with Crippen molar-refractivity contribution in [2.24, 2.45) is 11.8 Å². The zero-order valence-electron chi connectivity index (χ0n) is 16.3. The van der Waals surface area contributed by atoms with Gasteiger partial charge in [-0.2, -0.15) is 5.26 Å². The maximum Gasteiger partial charge on any atom is 0.227 e. The number of Topliss-reactive ketones (excluding diaryl/α,β-unsaturated/α-hetero) is 1. The normalized spacial score (nSPS) is 18.3. The number of benzene rings is 2. The predicted octanol–water partition coefficient (Wildman–Crippen LogP) is 4.14. The van der Waals surface area contributed by atoms with Crippen LogP contribution in [0.5, 0.6) is 0 Å². The lowest BCUT2D eigenvalue weighted by atomic mass is 9.81. The molecule has 0 spiro atoms. The molecule has 2 aromatic rings. The highest BCUT2D eigenvalue weighted by Crippen LogP contribution is 2.30. The van der Waals surface area contributed by atoms with Gasteiger partial charge in [0, 0.05) is 28.8 Å². The molecule has 0 unspecified atom stereocenters. The highest BCUT2D eigenvalue weighted by molar-refractivity contribution is 5.96. The summed E-state index contributed by atoms with van der Waals surface area (Å²) in [6.45, 7) is 1.50. The number of ketones is 1. The summed E-state index contributed by atoms with van der Waals surface area (Å²) in [6.07, 6.45) is 2.62. The summed E-state index contributed by atoms with van der Waals surface area (Å²) in [7, 11) is 0. The summed E-state index contributed by atoms with van der Waals surface area (Å²) in [5, 5.41) is 14.6. The third-order valence-electron chi connectivity index (χ3n) is 5.31. The molecule has 29 heavy (non-hydrogen) atoms. The monoisotopic (exact) mass is 389 g/mol. The third kappa shape index (κ3) is 5.29. The van der Waals surface area contributed by atoms with E-state index < -0.39 is 0 Å². The fraction of sp³-hybridized carbons (Fsp3) is 0.304. The minimum atomic E-state index is -0.124. The number of nitrogens with zero attached hydrogens (tertiary/aromatic N) is 1. The number of rotatable bonds is 5. The first-order valence-corrected chi connectivity index (χ1v) is 9.69. The third-order valence-corrected chi connectivity index (χ3v) is 5.31. The molecule has 6 nitrogen and oxygen atoms in total. The van der Waals surface area contributed by atoms with Gasteiger partial charge in [-0.25, -0.2) is 0 Å². The molecule has 1 aliphatic carbocycles. The number of nitriles is 1. The van der Waals surface area contributed by atoms with Gasteiger partial charge < -0.3 is 10.6 Å². The molecule has 0 radical (unpaired) electrons. The second kappa shape index (κ2) is 9.16. The average molecular weight is 389 g/mol. The molecule has 2 amide bonds. The summed E-state index contributed by atoms with van der Waals surface area (Å²) in [5.41, 5.74) is 2.49.